The summed E-state index contributed by atoms with van der Waals surface area (Å²) in [6.45, 7) is 3.15. The molecule has 18 heavy (non-hydrogen) atoms. The second kappa shape index (κ2) is 5.69. The van der Waals surface area contributed by atoms with Crippen LogP contribution in [0.25, 0.3) is 10.9 Å². The summed E-state index contributed by atoms with van der Waals surface area (Å²) >= 11 is 0. The number of nitrogens with two attached hydrogens (primary N) is 1. The molecule has 0 radical (unpaired) electrons. The number of hydrogen-bond donors (Lipinski definition) is 3. The zero-order valence-electron chi connectivity index (χ0n) is 10.6. The fraction of sp³-hybridized carbons (Fsp3) is 0.357. The third-order valence-corrected chi connectivity index (χ3v) is 3.10. The highest BCUT2D eigenvalue weighted by Crippen LogP contribution is 2.21. The zero-order valence-corrected chi connectivity index (χ0v) is 10.6. The molecule has 1 aromatic heterocycles. The van der Waals surface area contributed by atoms with E-state index in [-0.39, 0.29) is 5.91 Å². The van der Waals surface area contributed by atoms with Gasteiger partial charge in [-0.15, -0.1) is 0 Å². The molecular formula is C14H19N3O. The molecule has 4 nitrogen and oxygen atoms in total. The third-order valence-electron chi connectivity index (χ3n) is 3.10. The summed E-state index contributed by atoms with van der Waals surface area (Å²) < 4.78 is 0. The first-order valence-corrected chi connectivity index (χ1v) is 6.25. The first kappa shape index (κ1) is 12.6. The van der Waals surface area contributed by atoms with Crippen LogP contribution >= 0.6 is 0 Å². The molecule has 0 atom stereocenters. The Morgan fingerprint density at radius 1 is 1.39 bits per heavy atom. The van der Waals surface area contributed by atoms with Crippen molar-refractivity contribution in [1.29, 1.82) is 0 Å². The second-order valence-corrected chi connectivity index (χ2v) is 4.44. The summed E-state index contributed by atoms with van der Waals surface area (Å²) in [6.07, 6.45) is 1.23. The standard InChI is InChI=1S/C14H19N3O/c1-10-12(9-16-14(18)7-4-8-15)11-5-2-3-6-13(11)17-10/h2-3,5-6,17H,4,7-9,15H2,1H3,(H,16,18). The predicted octanol–water partition coefficient (Wildman–Crippen LogP) is 1.83. The van der Waals surface area contributed by atoms with Gasteiger partial charge >= 0.3 is 0 Å². The topological polar surface area (TPSA) is 70.9 Å². The second-order valence-electron chi connectivity index (χ2n) is 4.44. The molecule has 2 aromatic rings. The lowest BCUT2D eigenvalue weighted by Gasteiger charge is -2.05. The van der Waals surface area contributed by atoms with E-state index in [0.717, 1.165) is 23.2 Å². The number of aromatic nitrogens is 1. The number of amides is 1. The molecule has 96 valence electrons. The number of hydrogen-bond acceptors (Lipinski definition) is 2. The number of para-hydroxylation sites is 1. The zero-order chi connectivity index (χ0) is 13.0. The van der Waals surface area contributed by atoms with Gasteiger partial charge in [-0.3, -0.25) is 4.79 Å². The Balaban J connectivity index is 2.07. The van der Waals surface area contributed by atoms with Gasteiger partial charge in [-0.25, -0.2) is 0 Å². The number of nitrogens with one attached hydrogen (secondary N) is 2. The van der Waals surface area contributed by atoms with Crippen LogP contribution in [-0.2, 0) is 11.3 Å². The summed E-state index contributed by atoms with van der Waals surface area (Å²) in [7, 11) is 0. The molecule has 0 fully saturated rings. The maximum absolute atomic E-state index is 11.6. The number of fused-ring (bicyclic) bond motifs is 1. The average molecular weight is 245 g/mol. The normalized spacial score (nSPS) is 10.8. The lowest BCUT2D eigenvalue weighted by atomic mass is 10.1. The molecule has 0 unspecified atom stereocenters. The summed E-state index contributed by atoms with van der Waals surface area (Å²) in [4.78, 5) is 14.9. The maximum Gasteiger partial charge on any atom is 0.220 e. The van der Waals surface area contributed by atoms with Gasteiger partial charge in [-0.05, 0) is 31.5 Å². The Morgan fingerprint density at radius 3 is 2.94 bits per heavy atom. The Labute approximate surface area is 107 Å². The molecule has 0 aliphatic heterocycles. The van der Waals surface area contributed by atoms with Crippen molar-refractivity contribution in [2.45, 2.75) is 26.3 Å². The highest BCUT2D eigenvalue weighted by Gasteiger charge is 2.08. The van der Waals surface area contributed by atoms with Crippen LogP contribution in [-0.4, -0.2) is 17.4 Å². The van der Waals surface area contributed by atoms with Gasteiger partial charge in [0.15, 0.2) is 0 Å². The Morgan fingerprint density at radius 2 is 2.17 bits per heavy atom. The molecule has 0 aliphatic carbocycles. The van der Waals surface area contributed by atoms with Crippen molar-refractivity contribution < 1.29 is 4.79 Å². The monoisotopic (exact) mass is 245 g/mol. The first-order chi connectivity index (χ1) is 8.72. The van der Waals surface area contributed by atoms with Crippen LogP contribution in [0.4, 0.5) is 0 Å². The summed E-state index contributed by atoms with van der Waals surface area (Å²) in [6, 6.07) is 8.12. The smallest absolute Gasteiger partial charge is 0.220 e. The number of carbonyl (C=O) groups is 1. The molecule has 4 N–H and O–H groups in total. The van der Waals surface area contributed by atoms with Crippen molar-refractivity contribution in [1.82, 2.24) is 10.3 Å². The number of benzene rings is 1. The van der Waals surface area contributed by atoms with E-state index in [1.807, 2.05) is 25.1 Å². The third kappa shape index (κ3) is 2.71. The number of rotatable bonds is 5. The van der Waals surface area contributed by atoms with E-state index in [4.69, 9.17) is 5.73 Å². The van der Waals surface area contributed by atoms with Crippen molar-refractivity contribution in [3.05, 3.63) is 35.5 Å². The summed E-state index contributed by atoms with van der Waals surface area (Å²) in [5.74, 6) is 0.0603. The van der Waals surface area contributed by atoms with Gasteiger partial charge in [-0.1, -0.05) is 18.2 Å². The molecule has 0 bridgehead atoms. The maximum atomic E-state index is 11.6. The van der Waals surface area contributed by atoms with Crippen molar-refractivity contribution >= 4 is 16.8 Å². The predicted molar refractivity (Wildman–Crippen MR) is 73.2 cm³/mol. The van der Waals surface area contributed by atoms with Gasteiger partial charge in [-0.2, -0.15) is 0 Å². The van der Waals surface area contributed by atoms with Gasteiger partial charge in [0.1, 0.15) is 0 Å². The first-order valence-electron chi connectivity index (χ1n) is 6.25. The van der Waals surface area contributed by atoms with Gasteiger partial charge in [0, 0.05) is 29.6 Å². The van der Waals surface area contributed by atoms with E-state index < -0.39 is 0 Å². The molecular weight excluding hydrogens is 226 g/mol. The molecule has 0 saturated heterocycles. The van der Waals surface area contributed by atoms with Crippen LogP contribution in [0.2, 0.25) is 0 Å². The summed E-state index contributed by atoms with van der Waals surface area (Å²) in [5.41, 5.74) is 8.76. The number of H-pyrrole nitrogens is 1. The van der Waals surface area contributed by atoms with E-state index in [1.54, 1.807) is 0 Å². The van der Waals surface area contributed by atoms with Gasteiger partial charge in [0.05, 0.1) is 0 Å². The van der Waals surface area contributed by atoms with Gasteiger partial charge in [0.2, 0.25) is 5.91 Å². The summed E-state index contributed by atoms with van der Waals surface area (Å²) in [5, 5.41) is 4.11. The van der Waals surface area contributed by atoms with Crippen LogP contribution in [0.1, 0.15) is 24.1 Å². The Hall–Kier alpha value is -1.81. The average Bonchev–Trinajstić information content (AvgIpc) is 2.69. The molecule has 0 spiro atoms. The largest absolute Gasteiger partial charge is 0.358 e. The number of aromatic amines is 1. The van der Waals surface area contributed by atoms with Gasteiger partial charge in [0.25, 0.3) is 0 Å². The fourth-order valence-corrected chi connectivity index (χ4v) is 2.10. The molecule has 1 heterocycles. The van der Waals surface area contributed by atoms with Crippen LogP contribution < -0.4 is 11.1 Å². The van der Waals surface area contributed by atoms with Crippen LogP contribution in [0.15, 0.2) is 24.3 Å². The Kier molecular flexibility index (Phi) is 3.99. The van der Waals surface area contributed by atoms with Crippen LogP contribution in [0.3, 0.4) is 0 Å². The van der Waals surface area contributed by atoms with Gasteiger partial charge < -0.3 is 16.0 Å². The fourth-order valence-electron chi connectivity index (χ4n) is 2.10. The minimum absolute atomic E-state index is 0.0603. The van der Waals surface area contributed by atoms with E-state index >= 15 is 0 Å². The quantitative estimate of drug-likeness (QED) is 0.752. The lowest BCUT2D eigenvalue weighted by molar-refractivity contribution is -0.121. The minimum atomic E-state index is 0.0603. The molecule has 2 rings (SSSR count). The van der Waals surface area contributed by atoms with E-state index in [2.05, 4.69) is 16.4 Å². The molecule has 1 amide bonds. The highest BCUT2D eigenvalue weighted by atomic mass is 16.1. The van der Waals surface area contributed by atoms with Crippen molar-refractivity contribution in [2.24, 2.45) is 5.73 Å². The van der Waals surface area contributed by atoms with E-state index in [9.17, 15) is 4.79 Å². The van der Waals surface area contributed by atoms with Crippen LogP contribution in [0.5, 0.6) is 0 Å². The highest BCUT2D eigenvalue weighted by molar-refractivity contribution is 5.85. The molecule has 1 aromatic carbocycles. The van der Waals surface area contributed by atoms with E-state index in [0.29, 0.717) is 19.5 Å². The molecule has 4 heteroatoms. The molecule has 0 saturated carbocycles. The number of aryl methyl sites for hydroxylation is 1. The Bertz CT molecular complexity index is 545. The van der Waals surface area contributed by atoms with Crippen molar-refractivity contribution in [3.63, 3.8) is 0 Å². The van der Waals surface area contributed by atoms with Crippen LogP contribution in [0, 0.1) is 6.92 Å². The van der Waals surface area contributed by atoms with Crippen molar-refractivity contribution in [2.75, 3.05) is 6.54 Å². The molecule has 0 aliphatic rings. The SMILES string of the molecule is Cc1[nH]c2ccccc2c1CNC(=O)CCCN. The lowest BCUT2D eigenvalue weighted by Crippen LogP contribution is -2.23. The van der Waals surface area contributed by atoms with E-state index in [1.165, 1.54) is 5.39 Å². The minimum Gasteiger partial charge on any atom is -0.358 e. The number of carbonyl (C=O) groups excluding carboxylic acids is 1. The van der Waals surface area contributed by atoms with Crippen molar-refractivity contribution in [3.8, 4) is 0 Å².